The summed E-state index contributed by atoms with van der Waals surface area (Å²) in [6, 6.07) is 7.14. The van der Waals surface area contributed by atoms with E-state index in [9.17, 15) is 4.79 Å². The van der Waals surface area contributed by atoms with Gasteiger partial charge in [0.05, 0.1) is 26.0 Å². The zero-order valence-electron chi connectivity index (χ0n) is 21.9. The lowest BCUT2D eigenvalue weighted by atomic mass is 9.83. The van der Waals surface area contributed by atoms with Gasteiger partial charge in [0.15, 0.2) is 17.3 Å². The van der Waals surface area contributed by atoms with Gasteiger partial charge < -0.3 is 29.4 Å². The first-order chi connectivity index (χ1) is 17.9. The van der Waals surface area contributed by atoms with Crippen LogP contribution in [0.3, 0.4) is 0 Å². The van der Waals surface area contributed by atoms with Gasteiger partial charge >= 0.3 is 0 Å². The van der Waals surface area contributed by atoms with Crippen LogP contribution >= 0.6 is 0 Å². The number of likely N-dealkylation sites (tertiary alicyclic amines) is 2. The number of piperidine rings is 2. The zero-order valence-corrected chi connectivity index (χ0v) is 21.9. The van der Waals surface area contributed by atoms with Crippen molar-refractivity contribution in [2.24, 2.45) is 0 Å². The van der Waals surface area contributed by atoms with Crippen molar-refractivity contribution in [3.8, 4) is 11.5 Å². The van der Waals surface area contributed by atoms with Gasteiger partial charge in [0.1, 0.15) is 5.82 Å². The van der Waals surface area contributed by atoms with Gasteiger partial charge in [-0.25, -0.2) is 4.98 Å². The number of benzene rings is 1. The molecule has 10 nitrogen and oxygen atoms in total. The Hall–Kier alpha value is -3.53. The Morgan fingerprint density at radius 2 is 1.78 bits per heavy atom. The van der Waals surface area contributed by atoms with Crippen molar-refractivity contribution in [2.75, 3.05) is 64.6 Å². The molecule has 1 aromatic carbocycles. The molecule has 0 saturated carbocycles. The number of methoxy groups -OCH3 is 2. The van der Waals surface area contributed by atoms with Crippen LogP contribution in [-0.2, 0) is 0 Å². The van der Waals surface area contributed by atoms with Crippen molar-refractivity contribution in [3.63, 3.8) is 0 Å². The fraction of sp³-hybridized carbons (Fsp3) is 0.519. The van der Waals surface area contributed by atoms with E-state index in [-0.39, 0.29) is 11.4 Å². The molecule has 2 aromatic heterocycles. The number of carbonyl (C=O) groups is 1. The zero-order chi connectivity index (χ0) is 26.0. The number of amides is 1. The molecular formula is C27H36N6O4. The lowest BCUT2D eigenvalue weighted by molar-refractivity contribution is 0.0128. The molecule has 10 heteroatoms. The lowest BCUT2D eigenvalue weighted by Gasteiger charge is -2.51. The van der Waals surface area contributed by atoms with Crippen LogP contribution in [-0.4, -0.2) is 85.2 Å². The van der Waals surface area contributed by atoms with Crippen molar-refractivity contribution >= 4 is 28.6 Å². The molecule has 0 spiro atoms. The third-order valence-electron chi connectivity index (χ3n) is 7.83. The average molecular weight is 509 g/mol. The molecule has 198 valence electrons. The third-order valence-corrected chi connectivity index (χ3v) is 7.83. The van der Waals surface area contributed by atoms with E-state index in [0.29, 0.717) is 47.6 Å². The minimum Gasteiger partial charge on any atom is -0.493 e. The van der Waals surface area contributed by atoms with Crippen LogP contribution in [0.15, 0.2) is 34.9 Å². The second-order valence-electron chi connectivity index (χ2n) is 10.0. The summed E-state index contributed by atoms with van der Waals surface area (Å²) in [5.74, 6) is 2.52. The Balaban J connectivity index is 1.40. The van der Waals surface area contributed by atoms with Crippen LogP contribution in [0.2, 0.25) is 0 Å². The van der Waals surface area contributed by atoms with Gasteiger partial charge in [0.25, 0.3) is 5.91 Å². The monoisotopic (exact) mass is 508 g/mol. The van der Waals surface area contributed by atoms with Gasteiger partial charge in [-0.1, -0.05) is 6.42 Å². The summed E-state index contributed by atoms with van der Waals surface area (Å²) >= 11 is 0. The van der Waals surface area contributed by atoms with Crippen molar-refractivity contribution in [1.29, 1.82) is 0 Å². The summed E-state index contributed by atoms with van der Waals surface area (Å²) < 4.78 is 16.3. The summed E-state index contributed by atoms with van der Waals surface area (Å²) in [7, 11) is 5.22. The van der Waals surface area contributed by atoms with Gasteiger partial charge in [0, 0.05) is 43.7 Å². The highest BCUT2D eigenvalue weighted by atomic mass is 16.5. The van der Waals surface area contributed by atoms with Crippen molar-refractivity contribution in [2.45, 2.75) is 37.6 Å². The van der Waals surface area contributed by atoms with E-state index in [4.69, 9.17) is 24.6 Å². The molecule has 2 saturated heterocycles. The quantitative estimate of drug-likeness (QED) is 0.513. The predicted octanol–water partition coefficient (Wildman–Crippen LogP) is 3.42. The van der Waals surface area contributed by atoms with Crippen molar-refractivity contribution < 1.29 is 18.7 Å². The largest absolute Gasteiger partial charge is 0.493 e. The van der Waals surface area contributed by atoms with Crippen LogP contribution in [0.4, 0.5) is 11.8 Å². The third kappa shape index (κ3) is 4.90. The van der Waals surface area contributed by atoms with Crippen molar-refractivity contribution in [3.05, 3.63) is 36.3 Å². The van der Waals surface area contributed by atoms with E-state index in [1.54, 1.807) is 32.6 Å². The molecule has 2 aliphatic rings. The first-order valence-electron chi connectivity index (χ1n) is 12.9. The fourth-order valence-electron chi connectivity index (χ4n) is 5.77. The summed E-state index contributed by atoms with van der Waals surface area (Å²) in [6.07, 6.45) is 6.95. The Labute approximate surface area is 217 Å². The van der Waals surface area contributed by atoms with Gasteiger partial charge in [0.2, 0.25) is 5.95 Å². The fourth-order valence-corrected chi connectivity index (χ4v) is 5.77. The van der Waals surface area contributed by atoms with Gasteiger partial charge in [-0.15, -0.1) is 0 Å². The van der Waals surface area contributed by atoms with E-state index in [1.807, 2.05) is 24.1 Å². The summed E-state index contributed by atoms with van der Waals surface area (Å²) in [6.45, 7) is 4.24. The topological polar surface area (TPSA) is 110 Å². The van der Waals surface area contributed by atoms with Gasteiger partial charge in [-0.05, 0) is 57.0 Å². The van der Waals surface area contributed by atoms with Crippen LogP contribution in [0.1, 0.15) is 42.7 Å². The highest BCUT2D eigenvalue weighted by Crippen LogP contribution is 2.36. The molecule has 3 aromatic rings. The molecule has 0 aliphatic carbocycles. The molecule has 2 aliphatic heterocycles. The predicted molar refractivity (Wildman–Crippen MR) is 142 cm³/mol. The molecule has 0 atom stereocenters. The van der Waals surface area contributed by atoms with E-state index in [0.717, 1.165) is 37.9 Å². The molecule has 1 amide bonds. The summed E-state index contributed by atoms with van der Waals surface area (Å²) in [5, 5.41) is 0.727. The van der Waals surface area contributed by atoms with Crippen LogP contribution < -0.4 is 20.1 Å². The summed E-state index contributed by atoms with van der Waals surface area (Å²) in [4.78, 5) is 29.0. The first-order valence-corrected chi connectivity index (χ1v) is 12.9. The number of ether oxygens (including phenoxy) is 2. The number of likely N-dealkylation sites (N-methyl/N-ethyl adjacent to an activating group) is 1. The van der Waals surface area contributed by atoms with Gasteiger partial charge in [-0.3, -0.25) is 9.69 Å². The van der Waals surface area contributed by atoms with Crippen molar-refractivity contribution in [1.82, 2.24) is 19.8 Å². The number of hydrogen-bond acceptors (Lipinski definition) is 9. The SMILES string of the molecule is COc1cc2nc(N(C)CC3(N4CCCCC4)CCN(C(=O)c4ccco4)CC3)nc(N)c2cc1OC. The number of hydrogen-bond donors (Lipinski definition) is 1. The number of carbonyl (C=O) groups excluding carboxylic acids is 1. The van der Waals surface area contributed by atoms with E-state index >= 15 is 0 Å². The lowest BCUT2D eigenvalue weighted by Crippen LogP contribution is -2.62. The van der Waals surface area contributed by atoms with Gasteiger partial charge in [-0.2, -0.15) is 4.98 Å². The van der Waals surface area contributed by atoms with Crippen LogP contribution in [0.5, 0.6) is 11.5 Å². The minimum absolute atomic E-state index is 0.0411. The maximum absolute atomic E-state index is 12.9. The second-order valence-corrected chi connectivity index (χ2v) is 10.0. The van der Waals surface area contributed by atoms with Crippen LogP contribution in [0, 0.1) is 0 Å². The molecule has 4 heterocycles. The Morgan fingerprint density at radius 3 is 2.43 bits per heavy atom. The molecule has 0 radical (unpaired) electrons. The molecule has 2 N–H and O–H groups in total. The second kappa shape index (κ2) is 10.5. The maximum atomic E-state index is 12.9. The number of anilines is 2. The number of nitrogen functional groups attached to an aromatic ring is 1. The first kappa shape index (κ1) is 25.1. The Kier molecular flexibility index (Phi) is 7.10. The van der Waals surface area contributed by atoms with E-state index in [1.165, 1.54) is 19.3 Å². The molecular weight excluding hydrogens is 472 g/mol. The smallest absolute Gasteiger partial charge is 0.289 e. The number of rotatable bonds is 7. The highest BCUT2D eigenvalue weighted by molar-refractivity contribution is 5.92. The highest BCUT2D eigenvalue weighted by Gasteiger charge is 2.42. The maximum Gasteiger partial charge on any atom is 0.289 e. The number of nitrogens with two attached hydrogens (primary N) is 1. The number of fused-ring (bicyclic) bond motifs is 1. The van der Waals surface area contributed by atoms with E-state index < -0.39 is 0 Å². The Morgan fingerprint density at radius 1 is 1.08 bits per heavy atom. The molecule has 0 unspecified atom stereocenters. The van der Waals surface area contributed by atoms with E-state index in [2.05, 4.69) is 14.8 Å². The average Bonchev–Trinajstić information content (AvgIpc) is 3.48. The normalized spacial score (nSPS) is 18.1. The molecule has 2 fully saturated rings. The standard InChI is InChI=1S/C27H36N6O4/c1-31(26-29-20-17-23(36-3)22(35-2)16-19(20)24(28)30-26)18-27(33-11-5-4-6-12-33)9-13-32(14-10-27)25(34)21-8-7-15-37-21/h7-8,15-17H,4-6,9-14,18H2,1-3H3,(H2,28,29,30). The molecule has 37 heavy (non-hydrogen) atoms. The van der Waals surface area contributed by atoms with Crippen LogP contribution in [0.25, 0.3) is 10.9 Å². The summed E-state index contributed by atoms with van der Waals surface area (Å²) in [5.41, 5.74) is 7.00. The molecule has 0 bridgehead atoms. The molecule has 5 rings (SSSR count). The number of aromatic nitrogens is 2. The minimum atomic E-state index is -0.0835. The number of nitrogens with zero attached hydrogens (tertiary/aromatic N) is 5. The number of furan rings is 1. The Bertz CT molecular complexity index is 1230.